The molecule has 1 saturated heterocycles. The van der Waals surface area contributed by atoms with E-state index in [-0.39, 0.29) is 6.04 Å². The summed E-state index contributed by atoms with van der Waals surface area (Å²) in [6, 6.07) is 0.247. The Balaban J connectivity index is 2.37. The fourth-order valence-corrected chi connectivity index (χ4v) is 4.34. The highest BCUT2D eigenvalue weighted by atomic mass is 32.2. The number of hydrogen-bond acceptors (Lipinski definition) is 4. The van der Waals surface area contributed by atoms with Gasteiger partial charge in [0.15, 0.2) is 0 Å². The Morgan fingerprint density at radius 2 is 2.06 bits per heavy atom. The molecule has 2 heterocycles. The van der Waals surface area contributed by atoms with Crippen LogP contribution in [0.15, 0.2) is 4.90 Å². The fourth-order valence-electron chi connectivity index (χ4n) is 2.44. The van der Waals surface area contributed by atoms with Crippen LogP contribution in [0.4, 0.5) is 0 Å². The monoisotopic (exact) mass is 272 g/mol. The number of rotatable bonds is 3. The topological polar surface area (TPSA) is 67.2 Å². The first-order valence-electron chi connectivity index (χ1n) is 6.05. The summed E-state index contributed by atoms with van der Waals surface area (Å²) in [4.78, 5) is 0.363. The Morgan fingerprint density at radius 3 is 2.50 bits per heavy atom. The van der Waals surface area contributed by atoms with Gasteiger partial charge in [-0.05, 0) is 27.3 Å². The third-order valence-electron chi connectivity index (χ3n) is 3.60. The van der Waals surface area contributed by atoms with Crippen molar-refractivity contribution in [1.82, 2.24) is 19.4 Å². The lowest BCUT2D eigenvalue weighted by molar-refractivity contribution is 0.463. The zero-order valence-corrected chi connectivity index (χ0v) is 12.1. The molecule has 1 unspecified atom stereocenters. The van der Waals surface area contributed by atoms with Gasteiger partial charge in [0.05, 0.1) is 11.4 Å². The van der Waals surface area contributed by atoms with Crippen LogP contribution in [0.5, 0.6) is 0 Å². The molecule has 1 aliphatic rings. The number of nitrogens with zero attached hydrogens (tertiary/aromatic N) is 3. The summed E-state index contributed by atoms with van der Waals surface area (Å²) in [5, 5.41) is 7.31. The molecule has 0 spiro atoms. The van der Waals surface area contributed by atoms with Gasteiger partial charge >= 0.3 is 0 Å². The van der Waals surface area contributed by atoms with E-state index in [1.807, 2.05) is 7.05 Å². The van der Waals surface area contributed by atoms with Crippen molar-refractivity contribution in [2.24, 2.45) is 7.05 Å². The summed E-state index contributed by atoms with van der Waals surface area (Å²) < 4.78 is 28.4. The van der Waals surface area contributed by atoms with E-state index in [1.54, 1.807) is 29.9 Å². The lowest BCUT2D eigenvalue weighted by atomic mass is 10.3. The number of nitrogens with one attached hydrogen (secondary N) is 1. The standard InChI is InChI=1S/C11H20N4O2S/c1-8-11(9(2)14(4)13-8)18(16,17)15-6-5-10(7-15)12-3/h10,12H,5-7H2,1-4H3. The summed E-state index contributed by atoms with van der Waals surface area (Å²) in [5.74, 6) is 0. The van der Waals surface area contributed by atoms with Crippen LogP contribution in [0.1, 0.15) is 17.8 Å². The molecule has 6 nitrogen and oxygen atoms in total. The molecule has 1 atom stereocenters. The molecule has 0 saturated carbocycles. The van der Waals surface area contributed by atoms with Crippen molar-refractivity contribution in [3.63, 3.8) is 0 Å². The summed E-state index contributed by atoms with van der Waals surface area (Å²) in [7, 11) is 0.216. The van der Waals surface area contributed by atoms with Crippen molar-refractivity contribution in [2.75, 3.05) is 20.1 Å². The van der Waals surface area contributed by atoms with Gasteiger partial charge in [-0.2, -0.15) is 9.40 Å². The second kappa shape index (κ2) is 4.64. The third kappa shape index (κ3) is 2.06. The number of sulfonamides is 1. The molecule has 18 heavy (non-hydrogen) atoms. The summed E-state index contributed by atoms with van der Waals surface area (Å²) in [6.07, 6.45) is 0.855. The van der Waals surface area contributed by atoms with E-state index in [0.29, 0.717) is 29.4 Å². The molecule has 0 bridgehead atoms. The van der Waals surface area contributed by atoms with E-state index in [4.69, 9.17) is 0 Å². The molecule has 102 valence electrons. The van der Waals surface area contributed by atoms with Gasteiger partial charge in [0, 0.05) is 26.2 Å². The van der Waals surface area contributed by atoms with Crippen molar-refractivity contribution in [3.8, 4) is 0 Å². The summed E-state index contributed by atoms with van der Waals surface area (Å²) in [5.41, 5.74) is 1.27. The van der Waals surface area contributed by atoms with Gasteiger partial charge in [0.2, 0.25) is 10.0 Å². The Kier molecular flexibility index (Phi) is 3.48. The van der Waals surface area contributed by atoms with Gasteiger partial charge in [-0.1, -0.05) is 0 Å². The van der Waals surface area contributed by atoms with Crippen molar-refractivity contribution in [1.29, 1.82) is 0 Å². The summed E-state index contributed by atoms with van der Waals surface area (Å²) in [6.45, 7) is 4.64. The van der Waals surface area contributed by atoms with E-state index in [0.717, 1.165) is 6.42 Å². The van der Waals surface area contributed by atoms with Gasteiger partial charge in [0.25, 0.3) is 0 Å². The van der Waals surface area contributed by atoms with Gasteiger partial charge in [0.1, 0.15) is 4.90 Å². The average Bonchev–Trinajstić information content (AvgIpc) is 2.85. The maximum atomic E-state index is 12.6. The minimum absolute atomic E-state index is 0.247. The molecule has 7 heteroatoms. The number of likely N-dealkylation sites (N-methyl/N-ethyl adjacent to an activating group) is 1. The van der Waals surface area contributed by atoms with Gasteiger partial charge in [-0.15, -0.1) is 0 Å². The predicted octanol–water partition coefficient (Wildman–Crippen LogP) is 0.0193. The lowest BCUT2D eigenvalue weighted by Gasteiger charge is -2.16. The van der Waals surface area contributed by atoms with Crippen LogP contribution in [0.3, 0.4) is 0 Å². The molecule has 2 rings (SSSR count). The van der Waals surface area contributed by atoms with Crippen LogP contribution in [-0.4, -0.2) is 48.7 Å². The molecule has 0 radical (unpaired) electrons. The highest BCUT2D eigenvalue weighted by Gasteiger charge is 2.35. The number of aryl methyl sites for hydroxylation is 2. The first-order valence-corrected chi connectivity index (χ1v) is 7.49. The molecule has 0 aliphatic carbocycles. The normalized spacial score (nSPS) is 21.7. The number of hydrogen-bond donors (Lipinski definition) is 1. The quantitative estimate of drug-likeness (QED) is 0.842. The molecular weight excluding hydrogens is 252 g/mol. The zero-order chi connectivity index (χ0) is 13.5. The van der Waals surface area contributed by atoms with Crippen LogP contribution in [0.25, 0.3) is 0 Å². The van der Waals surface area contributed by atoms with E-state index in [1.165, 1.54) is 0 Å². The fraction of sp³-hybridized carbons (Fsp3) is 0.727. The van der Waals surface area contributed by atoms with Gasteiger partial charge in [-0.25, -0.2) is 8.42 Å². The number of aromatic nitrogens is 2. The lowest BCUT2D eigenvalue weighted by Crippen LogP contribution is -2.33. The molecule has 0 aromatic carbocycles. The van der Waals surface area contributed by atoms with Gasteiger partial charge in [-0.3, -0.25) is 4.68 Å². The average molecular weight is 272 g/mol. The van der Waals surface area contributed by atoms with E-state index >= 15 is 0 Å². The Bertz CT molecular complexity index is 550. The largest absolute Gasteiger partial charge is 0.316 e. The second-order valence-electron chi connectivity index (χ2n) is 4.76. The predicted molar refractivity (Wildman–Crippen MR) is 68.9 cm³/mol. The maximum absolute atomic E-state index is 12.6. The Labute approximate surface area is 108 Å². The van der Waals surface area contributed by atoms with Crippen LogP contribution < -0.4 is 5.32 Å². The van der Waals surface area contributed by atoms with Crippen LogP contribution in [0.2, 0.25) is 0 Å². The minimum Gasteiger partial charge on any atom is -0.316 e. The smallest absolute Gasteiger partial charge is 0.246 e. The second-order valence-corrected chi connectivity index (χ2v) is 6.64. The third-order valence-corrected chi connectivity index (χ3v) is 5.72. The minimum atomic E-state index is -3.41. The molecule has 1 aromatic heterocycles. The van der Waals surface area contributed by atoms with Crippen molar-refractivity contribution in [2.45, 2.75) is 31.2 Å². The molecule has 0 amide bonds. The van der Waals surface area contributed by atoms with Crippen molar-refractivity contribution < 1.29 is 8.42 Å². The van der Waals surface area contributed by atoms with Crippen LogP contribution >= 0.6 is 0 Å². The summed E-state index contributed by atoms with van der Waals surface area (Å²) >= 11 is 0. The molecule has 1 aliphatic heterocycles. The van der Waals surface area contributed by atoms with Crippen LogP contribution in [0, 0.1) is 13.8 Å². The van der Waals surface area contributed by atoms with E-state index in [2.05, 4.69) is 10.4 Å². The molecular formula is C11H20N4O2S. The van der Waals surface area contributed by atoms with Crippen molar-refractivity contribution >= 4 is 10.0 Å². The van der Waals surface area contributed by atoms with Crippen LogP contribution in [-0.2, 0) is 17.1 Å². The SMILES string of the molecule is CNC1CCN(S(=O)(=O)c2c(C)nn(C)c2C)C1. The van der Waals surface area contributed by atoms with Crippen molar-refractivity contribution in [3.05, 3.63) is 11.4 Å². The Morgan fingerprint density at radius 1 is 1.39 bits per heavy atom. The first kappa shape index (κ1) is 13.5. The van der Waals surface area contributed by atoms with E-state index < -0.39 is 10.0 Å². The van der Waals surface area contributed by atoms with Gasteiger partial charge < -0.3 is 5.32 Å². The zero-order valence-electron chi connectivity index (χ0n) is 11.3. The van der Waals surface area contributed by atoms with E-state index in [9.17, 15) is 8.42 Å². The molecule has 1 N–H and O–H groups in total. The first-order chi connectivity index (χ1) is 8.37. The molecule has 1 fully saturated rings. The highest BCUT2D eigenvalue weighted by molar-refractivity contribution is 7.89. The maximum Gasteiger partial charge on any atom is 0.246 e. The highest BCUT2D eigenvalue weighted by Crippen LogP contribution is 2.25. The Hall–Kier alpha value is -0.920. The molecule has 1 aromatic rings.